The molecule has 0 aromatic carbocycles. The maximum atomic E-state index is 12.0. The van der Waals surface area contributed by atoms with Crippen molar-refractivity contribution in [3.63, 3.8) is 0 Å². The van der Waals surface area contributed by atoms with Gasteiger partial charge in [-0.3, -0.25) is 9.59 Å². The number of nitrogens with zero attached hydrogens (tertiary/aromatic N) is 1. The molecule has 7 nitrogen and oxygen atoms in total. The molecule has 1 aromatic heterocycles. The van der Waals surface area contributed by atoms with Gasteiger partial charge < -0.3 is 20.1 Å². The van der Waals surface area contributed by atoms with Crippen LogP contribution in [0.2, 0.25) is 0 Å². The van der Waals surface area contributed by atoms with Crippen LogP contribution in [0.15, 0.2) is 23.0 Å². The normalized spacial score (nSPS) is 23.1. The van der Waals surface area contributed by atoms with Gasteiger partial charge >= 0.3 is 5.97 Å². The number of aromatic nitrogens is 1. The minimum atomic E-state index is -1.17. The summed E-state index contributed by atoms with van der Waals surface area (Å²) in [6, 6.07) is 3.00. The Morgan fingerprint density at radius 3 is 2.72 bits per heavy atom. The molecule has 0 spiro atoms. The summed E-state index contributed by atoms with van der Waals surface area (Å²) < 4.78 is 0. The Kier molecular flexibility index (Phi) is 3.15. The predicted molar refractivity (Wildman–Crippen MR) is 60.1 cm³/mol. The molecule has 1 fully saturated rings. The zero-order valence-corrected chi connectivity index (χ0v) is 9.37. The Bertz CT molecular complexity index is 538. The Balaban J connectivity index is 2.28. The minimum absolute atomic E-state index is 0.00185. The molecule has 2 atom stereocenters. The predicted octanol–water partition coefficient (Wildman–Crippen LogP) is -0.965. The highest BCUT2D eigenvalue weighted by Crippen LogP contribution is 2.19. The van der Waals surface area contributed by atoms with Crippen LogP contribution >= 0.6 is 0 Å². The molecule has 96 valence electrons. The van der Waals surface area contributed by atoms with Crippen molar-refractivity contribution >= 4 is 11.9 Å². The fourth-order valence-corrected chi connectivity index (χ4v) is 2.00. The van der Waals surface area contributed by atoms with Crippen molar-refractivity contribution in [3.05, 3.63) is 34.2 Å². The third kappa shape index (κ3) is 2.25. The second kappa shape index (κ2) is 4.61. The van der Waals surface area contributed by atoms with Gasteiger partial charge in [0.2, 0.25) is 5.56 Å². The number of amides is 1. The summed E-state index contributed by atoms with van der Waals surface area (Å²) in [6.45, 7) is -0.0489. The monoisotopic (exact) mass is 252 g/mol. The highest BCUT2D eigenvalue weighted by atomic mass is 16.4. The van der Waals surface area contributed by atoms with Crippen molar-refractivity contribution in [1.29, 1.82) is 0 Å². The van der Waals surface area contributed by atoms with Crippen LogP contribution in [0.25, 0.3) is 0 Å². The number of aliphatic carboxylic acids is 1. The molecule has 1 aliphatic heterocycles. The molecule has 0 unspecified atom stereocenters. The first-order chi connectivity index (χ1) is 8.49. The van der Waals surface area contributed by atoms with Crippen molar-refractivity contribution in [3.8, 4) is 0 Å². The minimum Gasteiger partial charge on any atom is -0.480 e. The summed E-state index contributed by atoms with van der Waals surface area (Å²) in [5.41, 5.74) is -0.421. The third-order valence-electron chi connectivity index (χ3n) is 2.82. The van der Waals surface area contributed by atoms with Crippen LogP contribution < -0.4 is 5.56 Å². The second-order valence-electron chi connectivity index (χ2n) is 4.13. The summed E-state index contributed by atoms with van der Waals surface area (Å²) in [6.07, 6.45) is -0.858. The van der Waals surface area contributed by atoms with Crippen LogP contribution in [0.1, 0.15) is 16.9 Å². The Morgan fingerprint density at radius 1 is 1.39 bits per heavy atom. The highest BCUT2D eigenvalue weighted by molar-refractivity contribution is 5.95. The number of nitrogens with one attached hydrogen (secondary N) is 1. The Labute approximate surface area is 102 Å². The van der Waals surface area contributed by atoms with Gasteiger partial charge in [-0.05, 0) is 6.07 Å². The smallest absolute Gasteiger partial charge is 0.326 e. The van der Waals surface area contributed by atoms with Crippen molar-refractivity contribution in [2.75, 3.05) is 6.54 Å². The molecule has 0 saturated carbocycles. The number of likely N-dealkylation sites (tertiary alicyclic amines) is 1. The van der Waals surface area contributed by atoms with Crippen molar-refractivity contribution in [2.45, 2.75) is 18.6 Å². The quantitative estimate of drug-likeness (QED) is 0.627. The van der Waals surface area contributed by atoms with Crippen molar-refractivity contribution < 1.29 is 19.8 Å². The van der Waals surface area contributed by atoms with Crippen LogP contribution in [-0.2, 0) is 4.79 Å². The lowest BCUT2D eigenvalue weighted by Gasteiger charge is -2.20. The van der Waals surface area contributed by atoms with Crippen LogP contribution in [0.4, 0.5) is 0 Å². The third-order valence-corrected chi connectivity index (χ3v) is 2.82. The second-order valence-corrected chi connectivity index (χ2v) is 4.13. The summed E-state index contributed by atoms with van der Waals surface area (Å²) >= 11 is 0. The van der Waals surface area contributed by atoms with Gasteiger partial charge in [-0.25, -0.2) is 4.79 Å². The molecule has 1 saturated heterocycles. The van der Waals surface area contributed by atoms with E-state index in [1.807, 2.05) is 0 Å². The summed E-state index contributed by atoms with van der Waals surface area (Å²) in [4.78, 5) is 37.5. The van der Waals surface area contributed by atoms with Gasteiger partial charge in [-0.1, -0.05) is 6.07 Å². The lowest BCUT2D eigenvalue weighted by atomic mass is 10.2. The number of hydrogen-bond acceptors (Lipinski definition) is 4. The van der Waals surface area contributed by atoms with E-state index in [4.69, 9.17) is 5.11 Å². The molecular weight excluding hydrogens is 240 g/mol. The molecule has 18 heavy (non-hydrogen) atoms. The zero-order chi connectivity index (χ0) is 13.3. The number of pyridine rings is 1. The van der Waals surface area contributed by atoms with Gasteiger partial charge in [0.15, 0.2) is 0 Å². The van der Waals surface area contributed by atoms with E-state index in [1.165, 1.54) is 18.2 Å². The first-order valence-corrected chi connectivity index (χ1v) is 5.40. The molecule has 7 heteroatoms. The molecule has 3 N–H and O–H groups in total. The number of aliphatic hydroxyl groups is 1. The first kappa shape index (κ1) is 12.3. The lowest BCUT2D eigenvalue weighted by molar-refractivity contribution is -0.141. The van der Waals surface area contributed by atoms with E-state index in [2.05, 4.69) is 4.98 Å². The highest BCUT2D eigenvalue weighted by Gasteiger charge is 2.39. The van der Waals surface area contributed by atoms with Gasteiger partial charge in [0.05, 0.1) is 6.10 Å². The molecule has 2 heterocycles. The van der Waals surface area contributed by atoms with E-state index < -0.39 is 29.6 Å². The van der Waals surface area contributed by atoms with Crippen molar-refractivity contribution in [1.82, 2.24) is 9.88 Å². The fraction of sp³-hybridized carbons (Fsp3) is 0.364. The Hall–Kier alpha value is -2.15. The summed E-state index contributed by atoms with van der Waals surface area (Å²) in [5, 5.41) is 18.4. The summed E-state index contributed by atoms with van der Waals surface area (Å²) in [5.74, 6) is -1.77. The van der Waals surface area contributed by atoms with Crippen molar-refractivity contribution in [2.24, 2.45) is 0 Å². The topological polar surface area (TPSA) is 111 Å². The van der Waals surface area contributed by atoms with E-state index >= 15 is 0 Å². The van der Waals surface area contributed by atoms with Gasteiger partial charge in [0.1, 0.15) is 11.7 Å². The van der Waals surface area contributed by atoms with Gasteiger partial charge in [0.25, 0.3) is 5.91 Å². The lowest BCUT2D eigenvalue weighted by Crippen LogP contribution is -2.41. The maximum Gasteiger partial charge on any atom is 0.326 e. The van der Waals surface area contributed by atoms with Crippen LogP contribution in [-0.4, -0.2) is 50.7 Å². The molecule has 1 aliphatic rings. The molecular formula is C11H12N2O5. The number of rotatable bonds is 2. The average Bonchev–Trinajstić information content (AvgIpc) is 2.70. The number of carboxylic acid groups (broad SMARTS) is 1. The van der Waals surface area contributed by atoms with E-state index in [1.54, 1.807) is 0 Å². The molecule has 0 radical (unpaired) electrons. The van der Waals surface area contributed by atoms with Gasteiger partial charge in [-0.15, -0.1) is 0 Å². The van der Waals surface area contributed by atoms with E-state index in [0.717, 1.165) is 4.90 Å². The largest absolute Gasteiger partial charge is 0.480 e. The number of carbonyl (C=O) groups excluding carboxylic acids is 1. The van der Waals surface area contributed by atoms with Crippen LogP contribution in [0, 0.1) is 0 Å². The van der Waals surface area contributed by atoms with Gasteiger partial charge in [-0.2, -0.15) is 0 Å². The van der Waals surface area contributed by atoms with Crippen LogP contribution in [0.3, 0.4) is 0 Å². The van der Waals surface area contributed by atoms with E-state index in [0.29, 0.717) is 0 Å². The molecule has 0 bridgehead atoms. The number of carbonyl (C=O) groups is 2. The number of carboxylic acids is 1. The van der Waals surface area contributed by atoms with Gasteiger partial charge in [0, 0.05) is 19.0 Å². The molecule has 1 amide bonds. The maximum absolute atomic E-state index is 12.0. The Morgan fingerprint density at radius 2 is 2.11 bits per heavy atom. The fourth-order valence-electron chi connectivity index (χ4n) is 2.00. The average molecular weight is 252 g/mol. The number of hydrogen-bond donors (Lipinski definition) is 3. The van der Waals surface area contributed by atoms with Crippen LogP contribution in [0.5, 0.6) is 0 Å². The zero-order valence-electron chi connectivity index (χ0n) is 9.37. The summed E-state index contributed by atoms with van der Waals surface area (Å²) in [7, 11) is 0. The number of H-pyrrole nitrogens is 1. The molecule has 2 rings (SSSR count). The van der Waals surface area contributed by atoms with E-state index in [9.17, 15) is 19.5 Å². The number of β-amino-alcohol motifs (C(OH)–C–C–N with tert-alkyl or cyclic N) is 1. The SMILES string of the molecule is O=C(O)[C@H]1C[C@@H](O)CN1C(=O)c1cccc(=O)[nH]1. The standard InChI is InChI=1S/C11H12N2O5/c14-6-4-8(11(17)18)13(5-6)10(16)7-2-1-3-9(15)12-7/h1-3,6,8,14H,4-5H2,(H,12,15)(H,17,18)/t6-,8-/m1/s1. The number of aliphatic hydroxyl groups excluding tert-OH is 1. The molecule has 0 aliphatic carbocycles. The molecule has 1 aromatic rings. The van der Waals surface area contributed by atoms with E-state index in [-0.39, 0.29) is 18.7 Å². The number of aromatic amines is 1. The first-order valence-electron chi connectivity index (χ1n) is 5.40.